The standard InChI is InChI=1S/C17H25N3O/c1-7-17(21)16-9-20(19-18-16)8-15-13(5)11(3)10(2)12(4)14(15)6/h9,17,21H,7-8H2,1-6H3. The van der Waals surface area contributed by atoms with E-state index in [9.17, 15) is 5.11 Å². The molecule has 1 aromatic heterocycles. The summed E-state index contributed by atoms with van der Waals surface area (Å²) >= 11 is 0. The van der Waals surface area contributed by atoms with Crippen molar-refractivity contribution in [2.45, 2.75) is 60.6 Å². The maximum Gasteiger partial charge on any atom is 0.111 e. The zero-order valence-corrected chi connectivity index (χ0v) is 13.9. The maximum atomic E-state index is 9.83. The molecule has 0 saturated heterocycles. The number of hydrogen-bond acceptors (Lipinski definition) is 3. The van der Waals surface area contributed by atoms with Crippen LogP contribution in [0, 0.1) is 34.6 Å². The minimum atomic E-state index is -0.526. The van der Waals surface area contributed by atoms with Gasteiger partial charge in [-0.15, -0.1) is 5.10 Å². The lowest BCUT2D eigenvalue weighted by Crippen LogP contribution is -2.08. The quantitative estimate of drug-likeness (QED) is 0.938. The predicted octanol–water partition coefficient (Wildman–Crippen LogP) is 3.31. The number of nitrogens with zero attached hydrogens (tertiary/aromatic N) is 3. The SMILES string of the molecule is CCC(O)c1cn(Cc2c(C)c(C)c(C)c(C)c2C)nn1. The molecule has 1 N–H and O–H groups in total. The molecule has 0 radical (unpaired) electrons. The summed E-state index contributed by atoms with van der Waals surface area (Å²) in [7, 11) is 0. The maximum absolute atomic E-state index is 9.83. The van der Waals surface area contributed by atoms with Gasteiger partial charge >= 0.3 is 0 Å². The van der Waals surface area contributed by atoms with E-state index in [1.807, 2.05) is 17.8 Å². The molecule has 0 aliphatic heterocycles. The summed E-state index contributed by atoms with van der Waals surface area (Å²) in [6.45, 7) is 13.5. The van der Waals surface area contributed by atoms with Crippen LogP contribution in [0.15, 0.2) is 6.20 Å². The van der Waals surface area contributed by atoms with Crippen molar-refractivity contribution >= 4 is 0 Å². The van der Waals surface area contributed by atoms with Crippen LogP contribution in [-0.2, 0) is 6.54 Å². The van der Waals surface area contributed by atoms with Gasteiger partial charge in [-0.2, -0.15) is 0 Å². The summed E-state index contributed by atoms with van der Waals surface area (Å²) < 4.78 is 1.82. The zero-order valence-electron chi connectivity index (χ0n) is 13.9. The molecule has 1 heterocycles. The Morgan fingerprint density at radius 3 is 2.05 bits per heavy atom. The Morgan fingerprint density at radius 1 is 1.00 bits per heavy atom. The predicted molar refractivity (Wildman–Crippen MR) is 84.5 cm³/mol. The average Bonchev–Trinajstić information content (AvgIpc) is 2.95. The molecule has 0 aliphatic rings. The number of aliphatic hydroxyl groups excluding tert-OH is 1. The number of aliphatic hydroxyl groups is 1. The monoisotopic (exact) mass is 287 g/mol. The Hall–Kier alpha value is -1.68. The third-order valence-electron chi connectivity index (χ3n) is 4.76. The highest BCUT2D eigenvalue weighted by Gasteiger charge is 2.14. The lowest BCUT2D eigenvalue weighted by atomic mass is 9.89. The van der Waals surface area contributed by atoms with Crippen molar-refractivity contribution in [2.24, 2.45) is 0 Å². The highest BCUT2D eigenvalue weighted by Crippen LogP contribution is 2.26. The van der Waals surface area contributed by atoms with Crippen LogP contribution in [0.25, 0.3) is 0 Å². The van der Waals surface area contributed by atoms with Gasteiger partial charge in [-0.25, -0.2) is 4.68 Å². The molecule has 0 amide bonds. The molecule has 0 spiro atoms. The summed E-state index contributed by atoms with van der Waals surface area (Å²) in [5.74, 6) is 0. The van der Waals surface area contributed by atoms with Gasteiger partial charge in [0.1, 0.15) is 5.69 Å². The van der Waals surface area contributed by atoms with Crippen LogP contribution in [0.1, 0.15) is 58.5 Å². The van der Waals surface area contributed by atoms with Crippen LogP contribution >= 0.6 is 0 Å². The van der Waals surface area contributed by atoms with Gasteiger partial charge in [0.2, 0.25) is 0 Å². The van der Waals surface area contributed by atoms with E-state index >= 15 is 0 Å². The molecule has 0 bridgehead atoms. The molecule has 0 saturated carbocycles. The molecule has 1 aromatic carbocycles. The van der Waals surface area contributed by atoms with Crippen molar-refractivity contribution in [3.63, 3.8) is 0 Å². The van der Waals surface area contributed by atoms with Crippen molar-refractivity contribution in [1.82, 2.24) is 15.0 Å². The molecule has 114 valence electrons. The summed E-state index contributed by atoms with van der Waals surface area (Å²) in [4.78, 5) is 0. The Bertz CT molecular complexity index is 629. The highest BCUT2D eigenvalue weighted by atomic mass is 16.3. The van der Waals surface area contributed by atoms with E-state index in [1.54, 1.807) is 0 Å². The molecular weight excluding hydrogens is 262 g/mol. The molecule has 2 aromatic rings. The summed E-state index contributed by atoms with van der Waals surface area (Å²) in [6.07, 6.45) is 1.97. The largest absolute Gasteiger partial charge is 0.387 e. The molecule has 4 nitrogen and oxygen atoms in total. The van der Waals surface area contributed by atoms with Gasteiger partial charge < -0.3 is 5.11 Å². The van der Waals surface area contributed by atoms with Gasteiger partial charge in [-0.1, -0.05) is 12.1 Å². The van der Waals surface area contributed by atoms with Crippen LogP contribution in [0.5, 0.6) is 0 Å². The van der Waals surface area contributed by atoms with Crippen LogP contribution in [0.4, 0.5) is 0 Å². The number of aromatic nitrogens is 3. The van der Waals surface area contributed by atoms with Gasteiger partial charge in [-0.3, -0.25) is 0 Å². The molecule has 2 rings (SSSR count). The fraction of sp³-hybridized carbons (Fsp3) is 0.529. The second-order valence-electron chi connectivity index (χ2n) is 5.87. The van der Waals surface area contributed by atoms with Crippen LogP contribution in [0.2, 0.25) is 0 Å². The van der Waals surface area contributed by atoms with E-state index < -0.39 is 6.10 Å². The Labute approximate surface area is 126 Å². The van der Waals surface area contributed by atoms with E-state index in [4.69, 9.17) is 0 Å². The summed E-state index contributed by atoms with van der Waals surface area (Å²) in [6, 6.07) is 0. The van der Waals surface area contributed by atoms with Crippen molar-refractivity contribution < 1.29 is 5.11 Å². The van der Waals surface area contributed by atoms with Gasteiger partial charge in [0.25, 0.3) is 0 Å². The first kappa shape index (κ1) is 15.7. The van der Waals surface area contributed by atoms with E-state index in [0.717, 1.165) is 0 Å². The number of benzene rings is 1. The summed E-state index contributed by atoms with van der Waals surface area (Å²) in [5, 5.41) is 18.0. The van der Waals surface area contributed by atoms with E-state index in [1.165, 1.54) is 33.4 Å². The second-order valence-corrected chi connectivity index (χ2v) is 5.87. The van der Waals surface area contributed by atoms with E-state index in [-0.39, 0.29) is 0 Å². The van der Waals surface area contributed by atoms with Crippen LogP contribution in [0.3, 0.4) is 0 Å². The minimum absolute atomic E-state index is 0.526. The molecule has 1 atom stereocenters. The van der Waals surface area contributed by atoms with Crippen molar-refractivity contribution in [1.29, 1.82) is 0 Å². The summed E-state index contributed by atoms with van der Waals surface area (Å²) in [5.41, 5.74) is 8.66. The highest BCUT2D eigenvalue weighted by molar-refractivity contribution is 5.49. The Kier molecular flexibility index (Phi) is 4.47. The normalized spacial score (nSPS) is 12.7. The van der Waals surface area contributed by atoms with Crippen LogP contribution < -0.4 is 0 Å². The smallest absolute Gasteiger partial charge is 0.111 e. The van der Waals surface area contributed by atoms with Crippen LogP contribution in [-0.4, -0.2) is 20.1 Å². The first-order valence-electron chi connectivity index (χ1n) is 7.50. The lowest BCUT2D eigenvalue weighted by Gasteiger charge is -2.18. The fourth-order valence-corrected chi connectivity index (χ4v) is 2.73. The van der Waals surface area contributed by atoms with E-state index in [0.29, 0.717) is 18.7 Å². The first-order chi connectivity index (χ1) is 9.86. The van der Waals surface area contributed by atoms with E-state index in [2.05, 4.69) is 44.9 Å². The van der Waals surface area contributed by atoms with Gasteiger partial charge in [-0.05, 0) is 74.4 Å². The minimum Gasteiger partial charge on any atom is -0.387 e. The number of rotatable bonds is 4. The lowest BCUT2D eigenvalue weighted by molar-refractivity contribution is 0.168. The van der Waals surface area contributed by atoms with Gasteiger partial charge in [0.05, 0.1) is 18.8 Å². The first-order valence-corrected chi connectivity index (χ1v) is 7.50. The van der Waals surface area contributed by atoms with Gasteiger partial charge in [0.15, 0.2) is 0 Å². The Balaban J connectivity index is 2.38. The van der Waals surface area contributed by atoms with Crippen molar-refractivity contribution in [3.05, 3.63) is 45.3 Å². The fourth-order valence-electron chi connectivity index (χ4n) is 2.73. The molecule has 1 unspecified atom stereocenters. The zero-order chi connectivity index (χ0) is 15.7. The molecule has 4 heteroatoms. The topological polar surface area (TPSA) is 50.9 Å². The molecule has 0 fully saturated rings. The van der Waals surface area contributed by atoms with Crippen molar-refractivity contribution in [3.8, 4) is 0 Å². The van der Waals surface area contributed by atoms with Gasteiger partial charge in [0, 0.05) is 0 Å². The third kappa shape index (κ3) is 2.86. The average molecular weight is 287 g/mol. The molecular formula is C17H25N3O. The second kappa shape index (κ2) is 5.98. The molecule has 21 heavy (non-hydrogen) atoms. The third-order valence-corrected chi connectivity index (χ3v) is 4.76. The molecule has 0 aliphatic carbocycles. The number of hydrogen-bond donors (Lipinski definition) is 1. The Morgan fingerprint density at radius 2 is 1.52 bits per heavy atom. The van der Waals surface area contributed by atoms with Crippen molar-refractivity contribution in [2.75, 3.05) is 0 Å².